The highest BCUT2D eigenvalue weighted by Crippen LogP contribution is 2.20. The maximum atomic E-state index is 12.3. The third-order valence-corrected chi connectivity index (χ3v) is 5.34. The number of urea groups is 1. The van der Waals surface area contributed by atoms with E-state index in [0.717, 1.165) is 28.1 Å². The molecule has 4 rings (SSSR count). The van der Waals surface area contributed by atoms with Crippen molar-refractivity contribution in [1.82, 2.24) is 20.1 Å². The number of thiocarbonyl (C=S) groups is 1. The molecule has 33 heavy (non-hydrogen) atoms. The van der Waals surface area contributed by atoms with E-state index in [4.69, 9.17) is 12.2 Å². The standard InChI is InChI=1S/C25H24N6OS/c1-16-7-13-21(14-8-16)31-15-26-23(30-31)19-9-11-20(12-10-19)27-24(32)29-25(33)28-22-17(2)5-4-6-18(22)3/h4-15H,1-3H3,(H3,27,28,29,32,33). The maximum Gasteiger partial charge on any atom is 0.325 e. The fourth-order valence-electron chi connectivity index (χ4n) is 3.34. The number of carbonyl (C=O) groups is 1. The van der Waals surface area contributed by atoms with Crippen molar-refractivity contribution in [2.45, 2.75) is 20.8 Å². The molecule has 0 aliphatic heterocycles. The molecule has 0 aliphatic carbocycles. The lowest BCUT2D eigenvalue weighted by atomic mass is 10.1. The van der Waals surface area contributed by atoms with Gasteiger partial charge in [0, 0.05) is 16.9 Å². The average Bonchev–Trinajstić information content (AvgIpc) is 3.27. The van der Waals surface area contributed by atoms with Crippen LogP contribution in [0.2, 0.25) is 0 Å². The molecule has 0 bridgehead atoms. The van der Waals surface area contributed by atoms with Gasteiger partial charge in [0.15, 0.2) is 10.9 Å². The van der Waals surface area contributed by atoms with Crippen LogP contribution in [0.3, 0.4) is 0 Å². The summed E-state index contributed by atoms with van der Waals surface area (Å²) < 4.78 is 1.73. The van der Waals surface area contributed by atoms with Crippen molar-refractivity contribution in [1.29, 1.82) is 0 Å². The molecule has 7 nitrogen and oxygen atoms in total. The van der Waals surface area contributed by atoms with Crippen molar-refractivity contribution in [3.8, 4) is 17.1 Å². The van der Waals surface area contributed by atoms with Gasteiger partial charge in [-0.15, -0.1) is 5.10 Å². The number of carbonyl (C=O) groups excluding carboxylic acids is 1. The van der Waals surface area contributed by atoms with Crippen LogP contribution in [0, 0.1) is 20.8 Å². The number of rotatable bonds is 4. The molecule has 166 valence electrons. The fourth-order valence-corrected chi connectivity index (χ4v) is 3.54. The zero-order valence-electron chi connectivity index (χ0n) is 18.6. The molecule has 0 unspecified atom stereocenters. The van der Waals surface area contributed by atoms with E-state index in [-0.39, 0.29) is 5.11 Å². The van der Waals surface area contributed by atoms with Crippen LogP contribution in [0.1, 0.15) is 16.7 Å². The Morgan fingerprint density at radius 1 is 0.879 bits per heavy atom. The van der Waals surface area contributed by atoms with Crippen LogP contribution in [0.4, 0.5) is 16.2 Å². The lowest BCUT2D eigenvalue weighted by Crippen LogP contribution is -2.37. The zero-order chi connectivity index (χ0) is 23.4. The molecule has 8 heteroatoms. The zero-order valence-corrected chi connectivity index (χ0v) is 19.4. The first-order valence-corrected chi connectivity index (χ1v) is 10.8. The summed E-state index contributed by atoms with van der Waals surface area (Å²) >= 11 is 5.28. The van der Waals surface area contributed by atoms with Gasteiger partial charge in [0.2, 0.25) is 0 Å². The summed E-state index contributed by atoms with van der Waals surface area (Å²) in [7, 11) is 0. The Kier molecular flexibility index (Phi) is 6.46. The van der Waals surface area contributed by atoms with E-state index in [9.17, 15) is 4.79 Å². The third kappa shape index (κ3) is 5.42. The summed E-state index contributed by atoms with van der Waals surface area (Å²) in [5.74, 6) is 0.602. The van der Waals surface area contributed by atoms with Crippen LogP contribution in [-0.2, 0) is 0 Å². The number of nitrogens with one attached hydrogen (secondary N) is 3. The number of hydrogen-bond acceptors (Lipinski definition) is 4. The molecule has 1 heterocycles. The topological polar surface area (TPSA) is 83.9 Å². The molecular weight excluding hydrogens is 432 g/mol. The van der Waals surface area contributed by atoms with Crippen molar-refractivity contribution < 1.29 is 4.79 Å². The van der Waals surface area contributed by atoms with Crippen molar-refractivity contribution in [2.24, 2.45) is 0 Å². The molecule has 0 aliphatic rings. The van der Waals surface area contributed by atoms with Gasteiger partial charge in [-0.3, -0.25) is 5.32 Å². The molecule has 0 radical (unpaired) electrons. The highest BCUT2D eigenvalue weighted by atomic mass is 32.1. The molecule has 1 aromatic heterocycles. The van der Waals surface area contributed by atoms with Crippen molar-refractivity contribution >= 4 is 34.7 Å². The summed E-state index contributed by atoms with van der Waals surface area (Å²) in [6.45, 7) is 6.01. The lowest BCUT2D eigenvalue weighted by Gasteiger charge is -2.14. The van der Waals surface area contributed by atoms with Gasteiger partial charge in [0.05, 0.1) is 5.69 Å². The van der Waals surface area contributed by atoms with Gasteiger partial charge in [0.1, 0.15) is 6.33 Å². The number of benzene rings is 3. The van der Waals surface area contributed by atoms with Crippen LogP contribution in [-0.4, -0.2) is 25.9 Å². The second kappa shape index (κ2) is 9.62. The summed E-state index contributed by atoms with van der Waals surface area (Å²) in [6, 6.07) is 20.9. The van der Waals surface area contributed by atoms with E-state index in [1.54, 1.807) is 23.1 Å². The van der Waals surface area contributed by atoms with E-state index < -0.39 is 6.03 Å². The third-order valence-electron chi connectivity index (χ3n) is 5.14. The second-order valence-electron chi connectivity index (χ2n) is 7.73. The normalized spacial score (nSPS) is 10.5. The summed E-state index contributed by atoms with van der Waals surface area (Å²) in [4.78, 5) is 16.7. The average molecular weight is 457 g/mol. The van der Waals surface area contributed by atoms with E-state index >= 15 is 0 Å². The van der Waals surface area contributed by atoms with E-state index in [1.165, 1.54) is 5.56 Å². The van der Waals surface area contributed by atoms with Crippen LogP contribution in [0.25, 0.3) is 17.1 Å². The number of nitrogens with zero attached hydrogens (tertiary/aromatic N) is 3. The minimum Gasteiger partial charge on any atom is -0.332 e. The number of aryl methyl sites for hydroxylation is 3. The lowest BCUT2D eigenvalue weighted by molar-refractivity contribution is 0.256. The molecular formula is C25H24N6OS. The Balaban J connectivity index is 1.36. The van der Waals surface area contributed by atoms with Crippen molar-refractivity contribution in [3.63, 3.8) is 0 Å². The fraction of sp³-hybridized carbons (Fsp3) is 0.120. The quantitative estimate of drug-likeness (QED) is 0.359. The highest BCUT2D eigenvalue weighted by molar-refractivity contribution is 7.80. The van der Waals surface area contributed by atoms with Crippen molar-refractivity contribution in [3.05, 3.63) is 89.7 Å². The molecule has 0 spiro atoms. The minimum absolute atomic E-state index is 0.229. The number of amides is 2. The number of anilines is 2. The molecule has 2 amide bonds. The Hall–Kier alpha value is -4.04. The summed E-state index contributed by atoms with van der Waals surface area (Å²) in [5, 5.41) is 13.3. The Morgan fingerprint density at radius 2 is 1.55 bits per heavy atom. The maximum absolute atomic E-state index is 12.3. The molecule has 0 fully saturated rings. The number of hydrogen-bond donors (Lipinski definition) is 3. The molecule has 0 saturated heterocycles. The van der Waals surface area contributed by atoms with Crippen LogP contribution in [0.5, 0.6) is 0 Å². The molecule has 0 atom stereocenters. The Morgan fingerprint density at radius 3 is 2.21 bits per heavy atom. The first-order valence-electron chi connectivity index (χ1n) is 10.4. The van der Waals surface area contributed by atoms with Gasteiger partial charge in [-0.25, -0.2) is 14.5 Å². The number of para-hydroxylation sites is 1. The number of aromatic nitrogens is 3. The second-order valence-corrected chi connectivity index (χ2v) is 8.13. The van der Waals surface area contributed by atoms with Gasteiger partial charge < -0.3 is 10.6 Å². The van der Waals surface area contributed by atoms with E-state index in [0.29, 0.717) is 11.5 Å². The molecule has 4 aromatic rings. The van der Waals surface area contributed by atoms with Gasteiger partial charge in [-0.1, -0.05) is 35.9 Å². The van der Waals surface area contributed by atoms with Gasteiger partial charge in [-0.05, 0) is 80.5 Å². The monoisotopic (exact) mass is 456 g/mol. The highest BCUT2D eigenvalue weighted by Gasteiger charge is 2.10. The van der Waals surface area contributed by atoms with Crippen molar-refractivity contribution in [2.75, 3.05) is 10.6 Å². The van der Waals surface area contributed by atoms with Gasteiger partial charge in [-0.2, -0.15) is 0 Å². The Bertz CT molecular complexity index is 1280. The smallest absolute Gasteiger partial charge is 0.325 e. The van der Waals surface area contributed by atoms with Crippen LogP contribution < -0.4 is 16.0 Å². The first kappa shape index (κ1) is 22.2. The first-order chi connectivity index (χ1) is 15.9. The van der Waals surface area contributed by atoms with E-state index in [2.05, 4.69) is 26.0 Å². The minimum atomic E-state index is -0.423. The van der Waals surface area contributed by atoms with Gasteiger partial charge in [0.25, 0.3) is 0 Å². The summed E-state index contributed by atoms with van der Waals surface area (Å²) in [6.07, 6.45) is 1.68. The SMILES string of the molecule is Cc1ccc(-n2cnc(-c3ccc(NC(=O)NC(=S)Nc4c(C)cccc4C)cc3)n2)cc1. The van der Waals surface area contributed by atoms with Crippen LogP contribution in [0.15, 0.2) is 73.1 Å². The van der Waals surface area contributed by atoms with Crippen LogP contribution >= 0.6 is 12.2 Å². The molecule has 3 aromatic carbocycles. The largest absolute Gasteiger partial charge is 0.332 e. The summed E-state index contributed by atoms with van der Waals surface area (Å²) in [5.41, 5.74) is 6.60. The predicted molar refractivity (Wildman–Crippen MR) is 136 cm³/mol. The van der Waals surface area contributed by atoms with Gasteiger partial charge >= 0.3 is 6.03 Å². The molecule has 0 saturated carbocycles. The Labute approximate surface area is 197 Å². The molecule has 3 N–H and O–H groups in total. The predicted octanol–water partition coefficient (Wildman–Crippen LogP) is 5.38. The van der Waals surface area contributed by atoms with E-state index in [1.807, 2.05) is 75.4 Å².